The number of hydrogen-bond donors (Lipinski definition) is 2. The third-order valence-corrected chi connectivity index (χ3v) is 2.19. The number of halogens is 2. The summed E-state index contributed by atoms with van der Waals surface area (Å²) in [6, 6.07) is 0. The van der Waals surface area contributed by atoms with Gasteiger partial charge in [0.2, 0.25) is 0 Å². The summed E-state index contributed by atoms with van der Waals surface area (Å²) in [6.07, 6.45) is 1.58. The standard InChI is InChI=1S/C10H17F2N3/c1-7-9(10(2,11)12)15-8(14-7)5-4-6-13-3/h13H,4-6H2,1-3H3,(H,14,15). The minimum atomic E-state index is -2.86. The van der Waals surface area contributed by atoms with Crippen LogP contribution in [-0.4, -0.2) is 23.6 Å². The van der Waals surface area contributed by atoms with E-state index in [4.69, 9.17) is 0 Å². The van der Waals surface area contributed by atoms with Gasteiger partial charge in [0, 0.05) is 19.0 Å². The number of imidazole rings is 1. The van der Waals surface area contributed by atoms with Crippen molar-refractivity contribution in [3.05, 3.63) is 17.2 Å². The number of aromatic amines is 1. The molecular formula is C10H17F2N3. The highest BCUT2D eigenvalue weighted by Gasteiger charge is 2.29. The molecule has 0 fully saturated rings. The van der Waals surface area contributed by atoms with Crippen LogP contribution < -0.4 is 5.32 Å². The lowest BCUT2D eigenvalue weighted by atomic mass is 10.2. The first-order chi connectivity index (χ1) is 6.95. The molecule has 0 aliphatic carbocycles. The number of nitrogens with one attached hydrogen (secondary N) is 2. The van der Waals surface area contributed by atoms with Crippen molar-refractivity contribution in [1.29, 1.82) is 0 Å². The van der Waals surface area contributed by atoms with E-state index in [1.54, 1.807) is 6.92 Å². The van der Waals surface area contributed by atoms with E-state index < -0.39 is 5.92 Å². The minimum absolute atomic E-state index is 0.137. The molecule has 5 heteroatoms. The summed E-state index contributed by atoms with van der Waals surface area (Å²) in [6.45, 7) is 3.35. The molecule has 86 valence electrons. The summed E-state index contributed by atoms with van der Waals surface area (Å²) >= 11 is 0. The van der Waals surface area contributed by atoms with E-state index >= 15 is 0 Å². The lowest BCUT2D eigenvalue weighted by molar-refractivity contribution is 0.0124. The Labute approximate surface area is 88.3 Å². The molecule has 3 nitrogen and oxygen atoms in total. The monoisotopic (exact) mass is 217 g/mol. The van der Waals surface area contributed by atoms with E-state index in [-0.39, 0.29) is 5.69 Å². The minimum Gasteiger partial charge on any atom is -0.346 e. The summed E-state index contributed by atoms with van der Waals surface area (Å²) in [7, 11) is 1.86. The van der Waals surface area contributed by atoms with Gasteiger partial charge in [-0.15, -0.1) is 0 Å². The Morgan fingerprint density at radius 1 is 1.47 bits per heavy atom. The van der Waals surface area contributed by atoms with Gasteiger partial charge in [-0.05, 0) is 26.9 Å². The second-order valence-corrected chi connectivity index (χ2v) is 3.75. The maximum absolute atomic E-state index is 13.0. The highest BCUT2D eigenvalue weighted by atomic mass is 19.3. The first-order valence-electron chi connectivity index (χ1n) is 5.03. The molecule has 0 saturated heterocycles. The Morgan fingerprint density at radius 3 is 2.60 bits per heavy atom. The molecule has 0 radical (unpaired) electrons. The molecule has 0 aliphatic rings. The van der Waals surface area contributed by atoms with Crippen LogP contribution in [0.4, 0.5) is 8.78 Å². The van der Waals surface area contributed by atoms with Crippen molar-refractivity contribution in [2.24, 2.45) is 0 Å². The number of rotatable bonds is 5. The van der Waals surface area contributed by atoms with Gasteiger partial charge in [0.25, 0.3) is 5.92 Å². The molecule has 2 N–H and O–H groups in total. The SMILES string of the molecule is CNCCCc1nc(C(C)(F)F)c(C)[nH]1. The zero-order valence-corrected chi connectivity index (χ0v) is 9.32. The molecule has 0 amide bonds. The normalized spacial score (nSPS) is 12.1. The fourth-order valence-electron chi connectivity index (χ4n) is 1.50. The number of hydrogen-bond acceptors (Lipinski definition) is 2. The molecule has 1 heterocycles. The Balaban J connectivity index is 2.69. The topological polar surface area (TPSA) is 40.7 Å². The molecule has 0 atom stereocenters. The Bertz CT molecular complexity index is 315. The molecule has 0 unspecified atom stereocenters. The summed E-state index contributed by atoms with van der Waals surface area (Å²) < 4.78 is 26.0. The molecule has 0 aliphatic heterocycles. The van der Waals surface area contributed by atoms with Crippen LogP contribution in [-0.2, 0) is 12.3 Å². The van der Waals surface area contributed by atoms with Crippen molar-refractivity contribution >= 4 is 0 Å². The average Bonchev–Trinajstić information content (AvgIpc) is 2.47. The van der Waals surface area contributed by atoms with E-state index in [0.29, 0.717) is 17.9 Å². The van der Waals surface area contributed by atoms with Crippen LogP contribution in [0, 0.1) is 6.92 Å². The van der Waals surface area contributed by atoms with Gasteiger partial charge in [0.1, 0.15) is 11.5 Å². The van der Waals surface area contributed by atoms with E-state index in [1.165, 1.54) is 0 Å². The second kappa shape index (κ2) is 4.70. The van der Waals surface area contributed by atoms with E-state index in [2.05, 4.69) is 15.3 Å². The first-order valence-corrected chi connectivity index (χ1v) is 5.03. The number of nitrogens with zero attached hydrogens (tertiary/aromatic N) is 1. The summed E-state index contributed by atoms with van der Waals surface area (Å²) in [4.78, 5) is 6.81. The van der Waals surface area contributed by atoms with Gasteiger partial charge in [0.15, 0.2) is 0 Å². The molecule has 15 heavy (non-hydrogen) atoms. The molecule has 0 saturated carbocycles. The largest absolute Gasteiger partial charge is 0.346 e. The maximum atomic E-state index is 13.0. The van der Waals surface area contributed by atoms with Gasteiger partial charge >= 0.3 is 0 Å². The van der Waals surface area contributed by atoms with Crippen LogP contribution in [0.1, 0.15) is 30.6 Å². The number of aromatic nitrogens is 2. The van der Waals surface area contributed by atoms with E-state index in [9.17, 15) is 8.78 Å². The van der Waals surface area contributed by atoms with Crippen LogP contribution in [0.2, 0.25) is 0 Å². The molecule has 0 bridgehead atoms. The Morgan fingerprint density at radius 2 is 2.13 bits per heavy atom. The first kappa shape index (κ1) is 12.1. The van der Waals surface area contributed by atoms with Crippen LogP contribution in [0.3, 0.4) is 0 Å². The van der Waals surface area contributed by atoms with Gasteiger partial charge in [-0.1, -0.05) is 0 Å². The van der Waals surface area contributed by atoms with Crippen LogP contribution in [0.15, 0.2) is 0 Å². The van der Waals surface area contributed by atoms with Crippen molar-refractivity contribution in [1.82, 2.24) is 15.3 Å². The lowest BCUT2D eigenvalue weighted by Crippen LogP contribution is -2.10. The van der Waals surface area contributed by atoms with Crippen molar-refractivity contribution < 1.29 is 8.78 Å². The lowest BCUT2D eigenvalue weighted by Gasteiger charge is -2.06. The number of aryl methyl sites for hydroxylation is 2. The van der Waals surface area contributed by atoms with Crippen molar-refractivity contribution in [2.45, 2.75) is 32.6 Å². The van der Waals surface area contributed by atoms with Gasteiger partial charge in [-0.3, -0.25) is 0 Å². The molecule has 0 aromatic carbocycles. The molecular weight excluding hydrogens is 200 g/mol. The predicted molar refractivity (Wildman–Crippen MR) is 55.1 cm³/mol. The highest BCUT2D eigenvalue weighted by molar-refractivity contribution is 5.17. The summed E-state index contributed by atoms with van der Waals surface area (Å²) in [5.41, 5.74) is 0.323. The summed E-state index contributed by atoms with van der Waals surface area (Å²) in [5.74, 6) is -2.22. The number of alkyl halides is 2. The van der Waals surface area contributed by atoms with Crippen molar-refractivity contribution in [3.8, 4) is 0 Å². The zero-order chi connectivity index (χ0) is 11.5. The van der Waals surface area contributed by atoms with Crippen LogP contribution in [0.5, 0.6) is 0 Å². The van der Waals surface area contributed by atoms with Gasteiger partial charge in [0.05, 0.1) is 0 Å². The smallest absolute Gasteiger partial charge is 0.288 e. The second-order valence-electron chi connectivity index (χ2n) is 3.75. The van der Waals surface area contributed by atoms with Crippen LogP contribution >= 0.6 is 0 Å². The Hall–Kier alpha value is -0.970. The third kappa shape index (κ3) is 3.27. The predicted octanol–water partition coefficient (Wildman–Crippen LogP) is 1.98. The molecule has 1 aromatic rings. The van der Waals surface area contributed by atoms with Gasteiger partial charge in [-0.2, -0.15) is 8.78 Å². The zero-order valence-electron chi connectivity index (χ0n) is 9.32. The fourth-order valence-corrected chi connectivity index (χ4v) is 1.50. The van der Waals surface area contributed by atoms with E-state index in [0.717, 1.165) is 19.9 Å². The third-order valence-electron chi connectivity index (χ3n) is 2.19. The van der Waals surface area contributed by atoms with Gasteiger partial charge in [-0.25, -0.2) is 4.98 Å². The quantitative estimate of drug-likeness (QED) is 0.740. The fraction of sp³-hybridized carbons (Fsp3) is 0.700. The maximum Gasteiger partial charge on any atom is 0.288 e. The number of H-pyrrole nitrogens is 1. The van der Waals surface area contributed by atoms with E-state index in [1.807, 2.05) is 7.05 Å². The molecule has 0 spiro atoms. The highest BCUT2D eigenvalue weighted by Crippen LogP contribution is 2.27. The Kier molecular flexibility index (Phi) is 3.79. The average molecular weight is 217 g/mol. The molecule has 1 rings (SSSR count). The summed E-state index contributed by atoms with van der Waals surface area (Å²) in [5, 5.41) is 3.00. The van der Waals surface area contributed by atoms with Crippen molar-refractivity contribution in [2.75, 3.05) is 13.6 Å². The molecule has 1 aromatic heterocycles. The van der Waals surface area contributed by atoms with Crippen LogP contribution in [0.25, 0.3) is 0 Å². The van der Waals surface area contributed by atoms with Crippen molar-refractivity contribution in [3.63, 3.8) is 0 Å². The van der Waals surface area contributed by atoms with Gasteiger partial charge < -0.3 is 10.3 Å².